The van der Waals surface area contributed by atoms with E-state index < -0.39 is 0 Å². The van der Waals surface area contributed by atoms with Crippen molar-refractivity contribution >= 4 is 38.3 Å². The van der Waals surface area contributed by atoms with E-state index in [1.165, 1.54) is 23.7 Å². The molecule has 2 aliphatic rings. The van der Waals surface area contributed by atoms with Gasteiger partial charge in [0.15, 0.2) is 5.78 Å². The van der Waals surface area contributed by atoms with Gasteiger partial charge in [-0.25, -0.2) is 0 Å². The predicted molar refractivity (Wildman–Crippen MR) is 165 cm³/mol. The molecule has 1 radical (unpaired) electrons. The smallest absolute Gasteiger partial charge is 0.303 e. The molecule has 0 amide bonds. The number of pyridine rings is 1. The second-order valence-electron chi connectivity index (χ2n) is 12.1. The third-order valence-electron chi connectivity index (χ3n) is 7.52. The number of aromatic amines is 1. The summed E-state index contributed by atoms with van der Waals surface area (Å²) in [6, 6.07) is 9.88. The number of Topliss-reactive ketones (excluding diaryl/α,β-unsaturated/α-hetero) is 1. The van der Waals surface area contributed by atoms with Gasteiger partial charge >= 0.3 is 5.97 Å². The summed E-state index contributed by atoms with van der Waals surface area (Å²) < 4.78 is 4.80. The fraction of sp³-hybridized carbons (Fsp3) is 0.455. The topological polar surface area (TPSA) is 84.4 Å². The molecule has 1 N–H and O–H groups in total. The van der Waals surface area contributed by atoms with Crippen LogP contribution in [0.25, 0.3) is 11.3 Å². The number of hydrogen-bond acceptors (Lipinski definition) is 5. The van der Waals surface area contributed by atoms with Gasteiger partial charge < -0.3 is 14.7 Å². The van der Waals surface area contributed by atoms with E-state index in [2.05, 4.69) is 37.3 Å². The van der Waals surface area contributed by atoms with Crippen molar-refractivity contribution in [2.24, 2.45) is 10.9 Å². The number of nitrogens with one attached hydrogen (secondary N) is 1. The number of benzene rings is 1. The van der Waals surface area contributed by atoms with Crippen molar-refractivity contribution in [3.8, 4) is 11.3 Å². The van der Waals surface area contributed by atoms with Crippen LogP contribution in [0.15, 0.2) is 41.5 Å². The molecule has 1 atom stereocenters. The molecule has 5 rings (SSSR count). The van der Waals surface area contributed by atoms with Crippen molar-refractivity contribution in [1.82, 2.24) is 9.97 Å². The molecule has 1 fully saturated rings. The summed E-state index contributed by atoms with van der Waals surface area (Å²) in [5.41, 5.74) is 7.47. The number of H-pyrrole nitrogens is 1. The number of carbonyl (C=O) groups excluding carboxylic acids is 2. The van der Waals surface area contributed by atoms with E-state index in [0.29, 0.717) is 5.82 Å². The monoisotopic (exact) mass is 703 g/mol. The number of nitrogens with zero attached hydrogens (tertiary/aromatic N) is 2. The number of ether oxygens (including phenoxy) is 1. The Hall–Kier alpha value is -1.77. The molecule has 41 heavy (non-hydrogen) atoms. The zero-order valence-electron chi connectivity index (χ0n) is 25.2. The minimum atomic E-state index is -0.328. The molecular formula is C33H41N3O3PPm-. The summed E-state index contributed by atoms with van der Waals surface area (Å²) in [6.45, 7) is 13.2. The average molecular weight is 704 g/mol. The van der Waals surface area contributed by atoms with Crippen molar-refractivity contribution in [3.05, 3.63) is 64.5 Å². The van der Waals surface area contributed by atoms with Crippen LogP contribution in [0.4, 0.5) is 5.82 Å². The first-order valence-corrected chi connectivity index (χ1v) is 14.7. The Balaban J connectivity index is 0.000000453. The summed E-state index contributed by atoms with van der Waals surface area (Å²) in [5.74, 6) is 0.666. The SMILES string of the molecule is CC(=O)OC(C)(C)C.CCC1(c2[nH]c3c(c2C(=O)C(C)C)CCc2cnc(N=[C-]c4ccccc4)c(P)c2-3)CC1.[Pm]. The Morgan fingerprint density at radius 1 is 1.17 bits per heavy atom. The molecule has 3 aromatic rings. The quantitative estimate of drug-likeness (QED) is 0.0993. The number of hydrogen-bond donors (Lipinski definition) is 1. The number of rotatable bonds is 6. The van der Waals surface area contributed by atoms with E-state index in [9.17, 15) is 9.59 Å². The largest absolute Gasteiger partial charge is 0.460 e. The number of aromatic nitrogens is 2. The van der Waals surface area contributed by atoms with Crippen LogP contribution in [0, 0.1) is 46.3 Å². The normalized spacial score (nSPS) is 14.9. The summed E-state index contributed by atoms with van der Waals surface area (Å²) in [7, 11) is 2.84. The van der Waals surface area contributed by atoms with Crippen LogP contribution >= 0.6 is 9.24 Å². The third kappa shape index (κ3) is 7.79. The van der Waals surface area contributed by atoms with Crippen LogP contribution in [0.3, 0.4) is 0 Å². The molecule has 217 valence electrons. The Bertz CT molecular complexity index is 1430. The number of ketones is 1. The van der Waals surface area contributed by atoms with Crippen LogP contribution in [-0.2, 0) is 27.8 Å². The summed E-state index contributed by atoms with van der Waals surface area (Å²) >= 11 is 0. The van der Waals surface area contributed by atoms with E-state index in [1.807, 2.05) is 71.1 Å². The fourth-order valence-corrected chi connectivity index (χ4v) is 5.81. The van der Waals surface area contributed by atoms with E-state index in [4.69, 9.17) is 4.74 Å². The van der Waals surface area contributed by atoms with E-state index in [-0.39, 0.29) is 69.1 Å². The first-order valence-electron chi connectivity index (χ1n) is 14.2. The van der Waals surface area contributed by atoms with Crippen molar-refractivity contribution in [3.63, 3.8) is 0 Å². The Kier molecular flexibility index (Phi) is 11.3. The maximum Gasteiger partial charge on any atom is 0.303 e. The zero-order valence-corrected chi connectivity index (χ0v) is 29.2. The summed E-state index contributed by atoms with van der Waals surface area (Å²) in [4.78, 5) is 36.5. The molecule has 0 bridgehead atoms. The van der Waals surface area contributed by atoms with Gasteiger partial charge in [0, 0.05) is 87.4 Å². The number of esters is 1. The predicted octanol–water partition coefficient (Wildman–Crippen LogP) is 6.93. The van der Waals surface area contributed by atoms with E-state index in [0.717, 1.165) is 59.8 Å². The molecule has 2 heterocycles. The van der Waals surface area contributed by atoms with Gasteiger partial charge in [-0.1, -0.05) is 26.8 Å². The maximum atomic E-state index is 13.3. The van der Waals surface area contributed by atoms with Gasteiger partial charge in [-0.3, -0.25) is 14.6 Å². The molecule has 0 spiro atoms. The minimum absolute atomic E-state index is 0. The zero-order chi connectivity index (χ0) is 29.2. The van der Waals surface area contributed by atoms with Gasteiger partial charge in [0.25, 0.3) is 0 Å². The number of aryl methyl sites for hydroxylation is 1. The molecular weight excluding hydrogens is 662 g/mol. The van der Waals surface area contributed by atoms with Crippen LogP contribution < -0.4 is 5.30 Å². The molecule has 1 saturated carbocycles. The summed E-state index contributed by atoms with van der Waals surface area (Å²) in [6.07, 6.45) is 10.2. The number of fused-ring (bicyclic) bond motifs is 3. The van der Waals surface area contributed by atoms with Crippen molar-refractivity contribution in [2.75, 3.05) is 0 Å². The van der Waals surface area contributed by atoms with Gasteiger partial charge in [0.1, 0.15) is 5.60 Å². The van der Waals surface area contributed by atoms with Gasteiger partial charge in [0.2, 0.25) is 0 Å². The Morgan fingerprint density at radius 2 is 1.83 bits per heavy atom. The molecule has 2 aromatic heterocycles. The van der Waals surface area contributed by atoms with Gasteiger partial charge in [-0.15, -0.1) is 39.1 Å². The van der Waals surface area contributed by atoms with Gasteiger partial charge in [-0.2, -0.15) is 0 Å². The van der Waals surface area contributed by atoms with Crippen molar-refractivity contribution < 1.29 is 54.7 Å². The van der Waals surface area contributed by atoms with Crippen LogP contribution in [0.5, 0.6) is 0 Å². The average Bonchev–Trinajstić information content (AvgIpc) is 3.60. The van der Waals surface area contributed by atoms with Crippen LogP contribution in [-0.4, -0.2) is 33.5 Å². The Morgan fingerprint density at radius 3 is 2.34 bits per heavy atom. The second-order valence-corrected chi connectivity index (χ2v) is 12.7. The minimum Gasteiger partial charge on any atom is -0.460 e. The molecule has 0 saturated heterocycles. The maximum absolute atomic E-state index is 13.3. The number of aliphatic imine (C=N–C) groups is 1. The van der Waals surface area contributed by atoms with Crippen molar-refractivity contribution in [2.45, 2.75) is 91.6 Å². The molecule has 2 aliphatic carbocycles. The Labute approximate surface area is 279 Å². The first-order chi connectivity index (χ1) is 18.9. The number of carbonyl (C=O) groups is 2. The fourth-order valence-electron chi connectivity index (χ4n) is 5.34. The summed E-state index contributed by atoms with van der Waals surface area (Å²) in [5, 5.41) is 0.963. The van der Waals surface area contributed by atoms with E-state index >= 15 is 0 Å². The standard InChI is InChI=1S/C27H29N3OP.C6H12O2.Pm/c1-4-27(12-13-27)25-21(23(31)16(2)3)19-11-10-18-15-29-26(24(32)20(18)22(19)30-25)28-14-17-8-6-5-7-9-17;1-5(7)8-6(2,3)4;/h5-9,15-16,30H,4,10-13,32H2,1-3H3;1-4H3;/q-1;;. The molecule has 1 unspecified atom stereocenters. The molecule has 8 heteroatoms. The van der Waals surface area contributed by atoms with Gasteiger partial charge in [-0.05, 0) is 75.5 Å². The first kappa shape index (κ1) is 33.7. The van der Waals surface area contributed by atoms with Crippen LogP contribution in [0.2, 0.25) is 0 Å². The van der Waals surface area contributed by atoms with Gasteiger partial charge in [0.05, 0.1) is 5.82 Å². The molecule has 6 nitrogen and oxygen atoms in total. The van der Waals surface area contributed by atoms with E-state index in [1.54, 1.807) is 0 Å². The van der Waals surface area contributed by atoms with Crippen molar-refractivity contribution in [1.29, 1.82) is 0 Å². The second kappa shape index (κ2) is 13.7. The molecule has 0 aliphatic heterocycles. The third-order valence-corrected chi connectivity index (χ3v) is 8.06. The molecule has 1 aromatic carbocycles. The van der Waals surface area contributed by atoms with Crippen LogP contribution in [0.1, 0.15) is 100 Å².